The molecular formula is C19H36O3. The van der Waals surface area contributed by atoms with Crippen LogP contribution in [0.15, 0.2) is 12.2 Å². The van der Waals surface area contributed by atoms with Crippen molar-refractivity contribution < 1.29 is 14.2 Å². The quantitative estimate of drug-likeness (QED) is 0.389. The van der Waals surface area contributed by atoms with Gasteiger partial charge < -0.3 is 14.2 Å². The van der Waals surface area contributed by atoms with Crippen molar-refractivity contribution in [2.75, 3.05) is 33.0 Å². The monoisotopic (exact) mass is 312 g/mol. The molecule has 3 unspecified atom stereocenters. The first-order valence-corrected chi connectivity index (χ1v) is 9.07. The first-order chi connectivity index (χ1) is 10.6. The van der Waals surface area contributed by atoms with Gasteiger partial charge in [0, 0.05) is 25.7 Å². The molecule has 130 valence electrons. The minimum Gasteiger partial charge on any atom is -0.381 e. The average molecular weight is 312 g/mol. The maximum absolute atomic E-state index is 6.08. The molecule has 0 aliphatic heterocycles. The average Bonchev–Trinajstić information content (AvgIpc) is 2.49. The van der Waals surface area contributed by atoms with Crippen LogP contribution in [0.2, 0.25) is 0 Å². The summed E-state index contributed by atoms with van der Waals surface area (Å²) in [4.78, 5) is 0. The summed E-state index contributed by atoms with van der Waals surface area (Å²) in [5.41, 5.74) is 1.27. The molecule has 1 fully saturated rings. The second-order valence-corrected chi connectivity index (χ2v) is 6.71. The Morgan fingerprint density at radius 1 is 1.00 bits per heavy atom. The summed E-state index contributed by atoms with van der Waals surface area (Å²) < 4.78 is 17.2. The highest BCUT2D eigenvalue weighted by atomic mass is 16.5. The normalized spacial score (nSPS) is 25.3. The molecule has 0 aromatic rings. The summed E-state index contributed by atoms with van der Waals surface area (Å²) in [6.07, 6.45) is 7.27. The van der Waals surface area contributed by atoms with Gasteiger partial charge >= 0.3 is 0 Å². The third-order valence-corrected chi connectivity index (χ3v) is 4.42. The zero-order valence-corrected chi connectivity index (χ0v) is 14.9. The van der Waals surface area contributed by atoms with Crippen LogP contribution in [0.25, 0.3) is 0 Å². The number of rotatable bonds is 12. The summed E-state index contributed by atoms with van der Waals surface area (Å²) >= 11 is 0. The van der Waals surface area contributed by atoms with Crippen molar-refractivity contribution in [1.82, 2.24) is 0 Å². The van der Waals surface area contributed by atoms with E-state index in [1.165, 1.54) is 18.4 Å². The fourth-order valence-electron chi connectivity index (χ4n) is 3.09. The fourth-order valence-corrected chi connectivity index (χ4v) is 3.09. The van der Waals surface area contributed by atoms with Crippen LogP contribution in [0, 0.1) is 11.8 Å². The number of hydrogen-bond acceptors (Lipinski definition) is 3. The summed E-state index contributed by atoms with van der Waals surface area (Å²) in [5, 5.41) is 0. The molecule has 3 heteroatoms. The zero-order chi connectivity index (χ0) is 16.2. The number of ether oxygens (including phenoxy) is 3. The molecule has 0 aromatic heterocycles. The summed E-state index contributed by atoms with van der Waals surface area (Å²) in [6.45, 7) is 14.7. The van der Waals surface area contributed by atoms with E-state index >= 15 is 0 Å². The van der Waals surface area contributed by atoms with Gasteiger partial charge in [-0.3, -0.25) is 0 Å². The van der Waals surface area contributed by atoms with E-state index in [4.69, 9.17) is 14.2 Å². The van der Waals surface area contributed by atoms with Crippen molar-refractivity contribution in [3.8, 4) is 0 Å². The van der Waals surface area contributed by atoms with E-state index < -0.39 is 0 Å². The molecule has 0 N–H and O–H groups in total. The van der Waals surface area contributed by atoms with Gasteiger partial charge in [-0.1, -0.05) is 26.0 Å². The molecule has 0 amide bonds. The topological polar surface area (TPSA) is 27.7 Å². The molecule has 0 bridgehead atoms. The maximum Gasteiger partial charge on any atom is 0.0704 e. The zero-order valence-electron chi connectivity index (χ0n) is 14.9. The Morgan fingerprint density at radius 3 is 2.32 bits per heavy atom. The minimum absolute atomic E-state index is 0.340. The minimum atomic E-state index is 0.340. The van der Waals surface area contributed by atoms with Crippen LogP contribution >= 0.6 is 0 Å². The van der Waals surface area contributed by atoms with E-state index in [1.54, 1.807) is 0 Å². The SMILES string of the molecule is C=C(C)C1CCC(C)CC1OCCOCCCCOCCC. The van der Waals surface area contributed by atoms with Crippen LogP contribution < -0.4 is 0 Å². The highest BCUT2D eigenvalue weighted by Crippen LogP contribution is 2.34. The highest BCUT2D eigenvalue weighted by molar-refractivity contribution is 5.02. The van der Waals surface area contributed by atoms with Gasteiger partial charge in [0.05, 0.1) is 19.3 Å². The van der Waals surface area contributed by atoms with Gasteiger partial charge in [0.2, 0.25) is 0 Å². The fraction of sp³-hybridized carbons (Fsp3) is 0.895. The molecule has 1 aliphatic rings. The van der Waals surface area contributed by atoms with Crippen molar-refractivity contribution in [3.63, 3.8) is 0 Å². The highest BCUT2D eigenvalue weighted by Gasteiger charge is 2.29. The Kier molecular flexibility index (Phi) is 10.8. The summed E-state index contributed by atoms with van der Waals surface area (Å²) in [7, 11) is 0. The maximum atomic E-state index is 6.08. The molecule has 3 atom stereocenters. The van der Waals surface area contributed by atoms with Gasteiger partial charge in [0.25, 0.3) is 0 Å². The lowest BCUT2D eigenvalue weighted by molar-refractivity contribution is -0.0390. The van der Waals surface area contributed by atoms with Crippen LogP contribution in [-0.2, 0) is 14.2 Å². The summed E-state index contributed by atoms with van der Waals surface area (Å²) in [5.74, 6) is 1.30. The van der Waals surface area contributed by atoms with E-state index in [0.29, 0.717) is 25.2 Å². The Bertz CT molecular complexity index is 290. The molecule has 0 heterocycles. The van der Waals surface area contributed by atoms with E-state index in [2.05, 4.69) is 27.4 Å². The van der Waals surface area contributed by atoms with Crippen molar-refractivity contribution in [1.29, 1.82) is 0 Å². The molecule has 3 nitrogen and oxygen atoms in total. The van der Waals surface area contributed by atoms with Gasteiger partial charge in [-0.2, -0.15) is 0 Å². The molecule has 0 saturated heterocycles. The smallest absolute Gasteiger partial charge is 0.0704 e. The second-order valence-electron chi connectivity index (χ2n) is 6.71. The van der Waals surface area contributed by atoms with Gasteiger partial charge in [-0.05, 0) is 51.4 Å². The predicted molar refractivity (Wildman–Crippen MR) is 92.2 cm³/mol. The molecule has 22 heavy (non-hydrogen) atoms. The van der Waals surface area contributed by atoms with E-state index in [-0.39, 0.29) is 0 Å². The first-order valence-electron chi connectivity index (χ1n) is 9.07. The molecule has 1 saturated carbocycles. The van der Waals surface area contributed by atoms with Crippen LogP contribution in [0.3, 0.4) is 0 Å². The van der Waals surface area contributed by atoms with Crippen LogP contribution in [-0.4, -0.2) is 39.1 Å². The van der Waals surface area contributed by atoms with Crippen molar-refractivity contribution in [3.05, 3.63) is 12.2 Å². The first kappa shape index (κ1) is 19.7. The predicted octanol–water partition coefficient (Wildman–Crippen LogP) is 4.61. The van der Waals surface area contributed by atoms with E-state index in [0.717, 1.165) is 51.4 Å². The van der Waals surface area contributed by atoms with E-state index in [1.807, 2.05) is 0 Å². The lowest BCUT2D eigenvalue weighted by Crippen LogP contribution is -2.32. The second kappa shape index (κ2) is 12.1. The molecule has 0 radical (unpaired) electrons. The lowest BCUT2D eigenvalue weighted by atomic mass is 9.78. The van der Waals surface area contributed by atoms with Crippen LogP contribution in [0.1, 0.15) is 59.3 Å². The van der Waals surface area contributed by atoms with Crippen molar-refractivity contribution in [2.24, 2.45) is 11.8 Å². The number of hydrogen-bond donors (Lipinski definition) is 0. The van der Waals surface area contributed by atoms with Crippen LogP contribution in [0.5, 0.6) is 0 Å². The molecular weight excluding hydrogens is 276 g/mol. The van der Waals surface area contributed by atoms with Crippen molar-refractivity contribution >= 4 is 0 Å². The van der Waals surface area contributed by atoms with Gasteiger partial charge in [0.15, 0.2) is 0 Å². The molecule has 0 spiro atoms. The molecule has 0 aromatic carbocycles. The van der Waals surface area contributed by atoms with Gasteiger partial charge in [-0.25, -0.2) is 0 Å². The third-order valence-electron chi connectivity index (χ3n) is 4.42. The standard InChI is InChI=1S/C19H36O3/c1-5-10-20-11-6-7-12-21-13-14-22-19-15-17(4)8-9-18(19)16(2)3/h17-19H,2,5-15H2,1,3-4H3. The Labute approximate surface area is 137 Å². The Balaban J connectivity index is 2.01. The third kappa shape index (κ3) is 8.30. The molecule has 1 rings (SSSR count). The largest absolute Gasteiger partial charge is 0.381 e. The van der Waals surface area contributed by atoms with Gasteiger partial charge in [0.1, 0.15) is 0 Å². The summed E-state index contributed by atoms with van der Waals surface area (Å²) in [6, 6.07) is 0. The van der Waals surface area contributed by atoms with E-state index in [9.17, 15) is 0 Å². The molecule has 1 aliphatic carbocycles. The Hall–Kier alpha value is -0.380. The van der Waals surface area contributed by atoms with Crippen molar-refractivity contribution in [2.45, 2.75) is 65.4 Å². The van der Waals surface area contributed by atoms with Gasteiger partial charge in [-0.15, -0.1) is 0 Å². The number of unbranched alkanes of at least 4 members (excludes halogenated alkanes) is 1. The Morgan fingerprint density at radius 2 is 1.68 bits per heavy atom. The lowest BCUT2D eigenvalue weighted by Gasteiger charge is -2.35. The van der Waals surface area contributed by atoms with Crippen LogP contribution in [0.4, 0.5) is 0 Å².